The number of rotatable bonds is 14. The van der Waals surface area contributed by atoms with Gasteiger partial charge < -0.3 is 36.3 Å². The molecule has 1 heterocycles. The molecule has 0 fully saturated rings. The zero-order valence-electron chi connectivity index (χ0n) is 23.3. The Morgan fingerprint density at radius 3 is 2.33 bits per heavy atom. The highest BCUT2D eigenvalue weighted by molar-refractivity contribution is 7.13. The number of aliphatic imine (C=N–C) groups is 1. The normalized spacial score (nSPS) is 12.0. The van der Waals surface area contributed by atoms with Crippen molar-refractivity contribution in [3.63, 3.8) is 0 Å². The van der Waals surface area contributed by atoms with Gasteiger partial charge in [-0.15, -0.1) is 11.3 Å². The van der Waals surface area contributed by atoms with Gasteiger partial charge in [0.25, 0.3) is 5.91 Å². The van der Waals surface area contributed by atoms with Gasteiger partial charge in [-0.2, -0.15) is 0 Å². The van der Waals surface area contributed by atoms with Crippen LogP contribution in [0.15, 0.2) is 65.0 Å². The smallest absolute Gasteiger partial charge is 0.305 e. The summed E-state index contributed by atoms with van der Waals surface area (Å²) >= 11 is 1.10. The standard InChI is InChI=1S/C27H27N7O6S.CH4O/c1-16(31-26(40)24(28)20-14-41-27(29)33-20)30-25(17-7-3-2-4-8-17)19-9-5-6-10-21(19)34(15-36)12-22(37)32-18(13-35)11-23(38)39;1-2/h2-10,13-16,18,28H,11-12H2,1H3,(H2,29,33)(H,31,40)(H,32,37)(H,38,39);2H,1H3/b28-24?,30-25-;. The van der Waals surface area contributed by atoms with E-state index in [-0.39, 0.29) is 16.5 Å². The molecule has 2 aromatic carbocycles. The summed E-state index contributed by atoms with van der Waals surface area (Å²) < 4.78 is 0. The zero-order chi connectivity index (χ0) is 31.9. The number of nitrogens with zero attached hydrogens (tertiary/aromatic N) is 3. The van der Waals surface area contributed by atoms with Crippen LogP contribution in [0.4, 0.5) is 10.8 Å². The zero-order valence-corrected chi connectivity index (χ0v) is 24.1. The van der Waals surface area contributed by atoms with Gasteiger partial charge in [0.05, 0.1) is 23.9 Å². The van der Waals surface area contributed by atoms with Gasteiger partial charge in [-0.1, -0.05) is 48.5 Å². The average molecular weight is 610 g/mol. The summed E-state index contributed by atoms with van der Waals surface area (Å²) in [6, 6.07) is 14.3. The minimum absolute atomic E-state index is 0.134. The van der Waals surface area contributed by atoms with E-state index in [9.17, 15) is 24.0 Å². The molecule has 1 aromatic heterocycles. The van der Waals surface area contributed by atoms with Crippen molar-refractivity contribution in [3.05, 3.63) is 76.8 Å². The highest BCUT2D eigenvalue weighted by Crippen LogP contribution is 2.24. The lowest BCUT2D eigenvalue weighted by molar-refractivity contribution is -0.138. The number of carbonyl (C=O) groups excluding carboxylic acids is 4. The minimum Gasteiger partial charge on any atom is -0.481 e. The van der Waals surface area contributed by atoms with E-state index in [4.69, 9.17) is 21.4 Å². The van der Waals surface area contributed by atoms with Crippen LogP contribution in [0.1, 0.15) is 30.2 Å². The second-order valence-corrected chi connectivity index (χ2v) is 9.49. The quantitative estimate of drug-likeness (QED) is 0.112. The molecule has 0 radical (unpaired) electrons. The number of aliphatic hydroxyl groups excluding tert-OH is 1. The lowest BCUT2D eigenvalue weighted by Crippen LogP contribution is -2.43. The summed E-state index contributed by atoms with van der Waals surface area (Å²) in [6.45, 7) is 1.10. The number of anilines is 2. The molecule has 226 valence electrons. The van der Waals surface area contributed by atoms with Crippen LogP contribution in [0, 0.1) is 5.41 Å². The molecule has 0 spiro atoms. The Kier molecular flexibility index (Phi) is 13.3. The maximum Gasteiger partial charge on any atom is 0.305 e. The van der Waals surface area contributed by atoms with E-state index in [1.165, 1.54) is 5.38 Å². The molecule has 3 amide bonds. The van der Waals surface area contributed by atoms with E-state index in [0.717, 1.165) is 23.3 Å². The Morgan fingerprint density at radius 2 is 1.74 bits per heavy atom. The number of carbonyl (C=O) groups is 5. The summed E-state index contributed by atoms with van der Waals surface area (Å²) in [6.07, 6.45) is -0.696. The van der Waals surface area contributed by atoms with Crippen molar-refractivity contribution in [1.29, 1.82) is 5.41 Å². The van der Waals surface area contributed by atoms with Crippen molar-refractivity contribution in [3.8, 4) is 0 Å². The summed E-state index contributed by atoms with van der Waals surface area (Å²) in [5.41, 5.74) is 7.12. The fraction of sp³-hybridized carbons (Fsp3) is 0.214. The van der Waals surface area contributed by atoms with Gasteiger partial charge in [0.1, 0.15) is 30.4 Å². The Morgan fingerprint density at radius 1 is 1.09 bits per heavy atom. The molecule has 43 heavy (non-hydrogen) atoms. The first-order chi connectivity index (χ1) is 20.6. The van der Waals surface area contributed by atoms with E-state index in [1.54, 1.807) is 55.5 Å². The van der Waals surface area contributed by atoms with Crippen LogP contribution >= 0.6 is 11.3 Å². The Bertz CT molecular complexity index is 1480. The summed E-state index contributed by atoms with van der Waals surface area (Å²) in [4.78, 5) is 69.2. The van der Waals surface area contributed by atoms with Crippen molar-refractivity contribution in [1.82, 2.24) is 15.6 Å². The maximum absolute atomic E-state index is 12.7. The predicted molar refractivity (Wildman–Crippen MR) is 161 cm³/mol. The van der Waals surface area contributed by atoms with E-state index in [1.807, 2.05) is 6.07 Å². The van der Waals surface area contributed by atoms with E-state index in [0.29, 0.717) is 35.2 Å². The predicted octanol–water partition coefficient (Wildman–Crippen LogP) is 0.823. The number of hydrogen-bond donors (Lipinski definition) is 6. The number of nitrogens with one attached hydrogen (secondary N) is 3. The Labute approximate surface area is 250 Å². The largest absolute Gasteiger partial charge is 0.481 e. The molecule has 0 aliphatic rings. The molecule has 0 aliphatic heterocycles. The first kappa shape index (κ1) is 33.9. The Balaban J connectivity index is 0.00000316. The average Bonchev–Trinajstić information content (AvgIpc) is 3.45. The molecule has 0 aliphatic carbocycles. The van der Waals surface area contributed by atoms with Crippen molar-refractivity contribution < 1.29 is 34.2 Å². The fourth-order valence-corrected chi connectivity index (χ4v) is 4.29. The third-order valence-corrected chi connectivity index (χ3v) is 6.20. The number of carboxylic acids is 1. The lowest BCUT2D eigenvalue weighted by Gasteiger charge is -2.23. The van der Waals surface area contributed by atoms with Crippen LogP contribution in [0.2, 0.25) is 0 Å². The number of aliphatic hydroxyl groups is 1. The van der Waals surface area contributed by atoms with Gasteiger partial charge in [-0.05, 0) is 13.0 Å². The number of benzene rings is 2. The fourth-order valence-electron chi connectivity index (χ4n) is 3.73. The van der Waals surface area contributed by atoms with E-state index < -0.39 is 43.0 Å². The van der Waals surface area contributed by atoms with E-state index in [2.05, 4.69) is 20.6 Å². The monoisotopic (exact) mass is 609 g/mol. The highest BCUT2D eigenvalue weighted by Gasteiger charge is 2.22. The molecule has 14 nitrogen and oxygen atoms in total. The molecule has 15 heteroatoms. The number of nitrogens with two attached hydrogens (primary N) is 1. The molecular weight excluding hydrogens is 578 g/mol. The number of thiazole rings is 1. The van der Waals surface area contributed by atoms with Gasteiger partial charge in [-0.3, -0.25) is 29.6 Å². The summed E-state index contributed by atoms with van der Waals surface area (Å²) in [5.74, 6) is -2.73. The number of carboxylic acid groups (broad SMARTS) is 1. The third kappa shape index (κ3) is 9.94. The molecule has 3 aromatic rings. The number of para-hydroxylation sites is 1. The van der Waals surface area contributed by atoms with Gasteiger partial charge in [-0.25, -0.2) is 4.98 Å². The highest BCUT2D eigenvalue weighted by atomic mass is 32.1. The van der Waals surface area contributed by atoms with Gasteiger partial charge in [0, 0.05) is 23.6 Å². The number of hydrogen-bond acceptors (Lipinski definition) is 11. The number of aromatic nitrogens is 1. The van der Waals surface area contributed by atoms with Crippen LogP contribution in [0.25, 0.3) is 0 Å². The first-order valence-electron chi connectivity index (χ1n) is 12.6. The Hall–Kier alpha value is -5.28. The van der Waals surface area contributed by atoms with Gasteiger partial charge in [0.15, 0.2) is 5.13 Å². The number of nitrogen functional groups attached to an aromatic ring is 1. The van der Waals surface area contributed by atoms with Crippen LogP contribution in [0.5, 0.6) is 0 Å². The second kappa shape index (κ2) is 16.9. The number of aldehydes is 1. The second-order valence-electron chi connectivity index (χ2n) is 8.60. The topological polar surface area (TPSA) is 228 Å². The van der Waals surface area contributed by atoms with Crippen molar-refractivity contribution in [2.45, 2.75) is 25.6 Å². The van der Waals surface area contributed by atoms with Crippen molar-refractivity contribution >= 4 is 64.1 Å². The molecule has 0 bridgehead atoms. The molecule has 2 atom stereocenters. The molecular formula is C28H31N7O7S. The van der Waals surface area contributed by atoms with Crippen LogP contribution < -0.4 is 21.3 Å². The molecule has 2 unspecified atom stereocenters. The third-order valence-electron chi connectivity index (χ3n) is 5.53. The van der Waals surface area contributed by atoms with Gasteiger partial charge in [0.2, 0.25) is 12.3 Å². The number of aliphatic carboxylic acids is 1. The van der Waals surface area contributed by atoms with Crippen molar-refractivity contribution in [2.24, 2.45) is 4.99 Å². The summed E-state index contributed by atoms with van der Waals surface area (Å²) in [5, 5.41) is 30.7. The minimum atomic E-state index is -1.27. The number of amides is 3. The van der Waals surface area contributed by atoms with Gasteiger partial charge >= 0.3 is 5.97 Å². The van der Waals surface area contributed by atoms with Crippen LogP contribution in [0.3, 0.4) is 0 Å². The first-order valence-corrected chi connectivity index (χ1v) is 13.5. The molecule has 3 rings (SSSR count). The van der Waals surface area contributed by atoms with Crippen LogP contribution in [-0.2, 0) is 24.0 Å². The lowest BCUT2D eigenvalue weighted by atomic mass is 9.99. The maximum atomic E-state index is 12.7. The van der Waals surface area contributed by atoms with E-state index >= 15 is 0 Å². The molecule has 7 N–H and O–H groups in total. The van der Waals surface area contributed by atoms with Crippen LogP contribution in [-0.4, -0.2) is 83.0 Å². The molecule has 0 saturated heterocycles. The molecule has 0 saturated carbocycles. The summed E-state index contributed by atoms with van der Waals surface area (Å²) in [7, 11) is 1.00. The SMILES string of the molecule is CC(/N=C(/c1ccccc1)c1ccccc1N(C=O)CC(=O)NC(C=O)CC(=O)O)NC(=O)C(=N)c1csc(N)n1.CO. The van der Waals surface area contributed by atoms with Crippen molar-refractivity contribution in [2.75, 3.05) is 24.3 Å².